The van der Waals surface area contributed by atoms with Crippen LogP contribution in [0.25, 0.3) is 10.9 Å². The van der Waals surface area contributed by atoms with Crippen molar-refractivity contribution in [3.05, 3.63) is 77.0 Å². The van der Waals surface area contributed by atoms with E-state index in [2.05, 4.69) is 4.98 Å². The molecular formula is C31H27NO9. The van der Waals surface area contributed by atoms with Gasteiger partial charge >= 0.3 is 11.9 Å². The van der Waals surface area contributed by atoms with E-state index in [0.29, 0.717) is 34.3 Å². The summed E-state index contributed by atoms with van der Waals surface area (Å²) in [5.41, 5.74) is 3.58. The molecule has 0 amide bonds. The van der Waals surface area contributed by atoms with E-state index in [9.17, 15) is 9.59 Å². The van der Waals surface area contributed by atoms with Gasteiger partial charge in [-0.05, 0) is 59.7 Å². The number of ether oxygens (including phenoxy) is 7. The van der Waals surface area contributed by atoms with Crippen LogP contribution in [0.15, 0.2) is 54.7 Å². The van der Waals surface area contributed by atoms with Crippen molar-refractivity contribution < 1.29 is 42.7 Å². The first-order chi connectivity index (χ1) is 20.0. The number of hydrogen-bond donors (Lipinski definition) is 1. The molecule has 2 aliphatic heterocycles. The fourth-order valence-electron chi connectivity index (χ4n) is 6.31. The number of esters is 2. The number of aromatic amines is 1. The van der Waals surface area contributed by atoms with Crippen LogP contribution >= 0.6 is 0 Å². The number of H-pyrrole nitrogens is 1. The maximum absolute atomic E-state index is 13.5. The van der Waals surface area contributed by atoms with Crippen molar-refractivity contribution in [2.24, 2.45) is 11.8 Å². The summed E-state index contributed by atoms with van der Waals surface area (Å²) in [6, 6.07) is 14.6. The van der Waals surface area contributed by atoms with Crippen molar-refractivity contribution in [1.29, 1.82) is 0 Å². The molecule has 3 aromatic carbocycles. The minimum absolute atomic E-state index is 0.0725. The lowest BCUT2D eigenvalue weighted by Gasteiger charge is -2.38. The lowest BCUT2D eigenvalue weighted by atomic mass is 9.66. The van der Waals surface area contributed by atoms with Crippen LogP contribution in [0.3, 0.4) is 0 Å². The van der Waals surface area contributed by atoms with Crippen LogP contribution in [0.1, 0.15) is 39.1 Å². The van der Waals surface area contributed by atoms with E-state index in [4.69, 9.17) is 33.2 Å². The van der Waals surface area contributed by atoms with Gasteiger partial charge in [-0.3, -0.25) is 4.79 Å². The Bertz CT molecular complexity index is 1670. The second kappa shape index (κ2) is 9.65. The van der Waals surface area contributed by atoms with Gasteiger partial charge in [-0.25, -0.2) is 4.79 Å². The molecule has 1 fully saturated rings. The highest BCUT2D eigenvalue weighted by Gasteiger charge is 2.54. The minimum atomic E-state index is -0.760. The number of cyclic esters (lactones) is 1. The average molecular weight is 558 g/mol. The number of aromatic nitrogens is 1. The van der Waals surface area contributed by atoms with Crippen molar-refractivity contribution in [1.82, 2.24) is 4.98 Å². The summed E-state index contributed by atoms with van der Waals surface area (Å²) in [4.78, 5) is 30.0. The molecule has 210 valence electrons. The highest BCUT2D eigenvalue weighted by Crippen LogP contribution is 2.56. The summed E-state index contributed by atoms with van der Waals surface area (Å²) >= 11 is 0. The third-order valence-corrected chi connectivity index (χ3v) is 8.19. The molecule has 10 heteroatoms. The molecule has 1 saturated heterocycles. The number of fused-ring (bicyclic) bond motifs is 4. The van der Waals surface area contributed by atoms with Crippen molar-refractivity contribution in [2.75, 3.05) is 34.7 Å². The van der Waals surface area contributed by atoms with Crippen LogP contribution in [0.2, 0.25) is 0 Å². The Kier molecular flexibility index (Phi) is 5.92. The number of methoxy groups -OCH3 is 3. The first-order valence-electron chi connectivity index (χ1n) is 13.2. The zero-order valence-corrected chi connectivity index (χ0v) is 22.6. The van der Waals surface area contributed by atoms with E-state index in [1.165, 1.54) is 7.11 Å². The summed E-state index contributed by atoms with van der Waals surface area (Å²) < 4.78 is 40.0. The zero-order chi connectivity index (χ0) is 28.2. The summed E-state index contributed by atoms with van der Waals surface area (Å²) in [5.74, 6) is 0.0332. The van der Waals surface area contributed by atoms with Gasteiger partial charge in [0.05, 0.1) is 39.4 Å². The highest BCUT2D eigenvalue weighted by atomic mass is 16.7. The molecule has 3 heterocycles. The van der Waals surface area contributed by atoms with E-state index in [-0.39, 0.29) is 19.4 Å². The van der Waals surface area contributed by atoms with Gasteiger partial charge in [0.15, 0.2) is 23.0 Å². The van der Waals surface area contributed by atoms with E-state index in [1.807, 2.05) is 42.6 Å². The Labute approximate surface area is 235 Å². The number of hydrogen-bond acceptors (Lipinski definition) is 9. The standard InChI is InChI=1S/C31H27NO9/c1-35-24-9-17(10-25(36-2)29(24)37-3)26-18-11-22-23(40-14-39-22)12-19(18)28(20-13-38-31(34)27(20)26)41-30(33)16-4-5-21-15(8-16)6-7-32-21/h4-12,20,26-28,32H,13-14H2,1-3H3/t20-,26+,27-,28-/m0/s1. The molecule has 7 rings (SSSR count). The van der Waals surface area contributed by atoms with E-state index in [0.717, 1.165) is 27.6 Å². The van der Waals surface area contributed by atoms with Gasteiger partial charge in [0.1, 0.15) is 6.10 Å². The predicted molar refractivity (Wildman–Crippen MR) is 145 cm³/mol. The molecule has 0 spiro atoms. The lowest BCUT2D eigenvalue weighted by Crippen LogP contribution is -2.36. The second-order valence-corrected chi connectivity index (χ2v) is 10.2. The minimum Gasteiger partial charge on any atom is -0.493 e. The van der Waals surface area contributed by atoms with Crippen LogP contribution in [0.5, 0.6) is 28.7 Å². The second-order valence-electron chi connectivity index (χ2n) is 10.2. The van der Waals surface area contributed by atoms with Crippen molar-refractivity contribution in [3.63, 3.8) is 0 Å². The lowest BCUT2D eigenvalue weighted by molar-refractivity contribution is -0.141. The fourth-order valence-corrected chi connectivity index (χ4v) is 6.31. The van der Waals surface area contributed by atoms with Crippen LogP contribution in [-0.2, 0) is 14.3 Å². The Hall–Kier alpha value is -4.86. The number of carbonyl (C=O) groups is 2. The predicted octanol–water partition coefficient (Wildman–Crippen LogP) is 4.76. The number of rotatable bonds is 6. The van der Waals surface area contributed by atoms with Gasteiger partial charge in [-0.2, -0.15) is 0 Å². The molecule has 0 saturated carbocycles. The summed E-state index contributed by atoms with van der Waals surface area (Å²) in [5, 5.41) is 0.895. The topological polar surface area (TPSA) is 115 Å². The summed E-state index contributed by atoms with van der Waals surface area (Å²) in [6.45, 7) is 0.177. The van der Waals surface area contributed by atoms with E-state index in [1.54, 1.807) is 26.4 Å². The van der Waals surface area contributed by atoms with Crippen LogP contribution in [-0.4, -0.2) is 51.7 Å². The zero-order valence-electron chi connectivity index (χ0n) is 22.6. The van der Waals surface area contributed by atoms with Gasteiger partial charge in [0.2, 0.25) is 12.5 Å². The monoisotopic (exact) mass is 557 g/mol. The van der Waals surface area contributed by atoms with Gasteiger partial charge in [-0.15, -0.1) is 0 Å². The van der Waals surface area contributed by atoms with E-state index >= 15 is 0 Å². The van der Waals surface area contributed by atoms with Crippen LogP contribution in [0.4, 0.5) is 0 Å². The smallest absolute Gasteiger partial charge is 0.338 e. The molecule has 10 nitrogen and oxygen atoms in total. The maximum Gasteiger partial charge on any atom is 0.338 e. The molecule has 0 unspecified atom stereocenters. The third-order valence-electron chi connectivity index (χ3n) is 8.19. The molecule has 1 N–H and O–H groups in total. The highest BCUT2D eigenvalue weighted by molar-refractivity contribution is 5.95. The molecule has 0 radical (unpaired) electrons. The molecule has 41 heavy (non-hydrogen) atoms. The van der Waals surface area contributed by atoms with Gasteiger partial charge in [-0.1, -0.05) is 0 Å². The van der Waals surface area contributed by atoms with Crippen molar-refractivity contribution in [3.8, 4) is 28.7 Å². The van der Waals surface area contributed by atoms with Gasteiger partial charge in [0.25, 0.3) is 0 Å². The number of carbonyl (C=O) groups excluding carboxylic acids is 2. The summed E-state index contributed by atoms with van der Waals surface area (Å²) in [7, 11) is 4.62. The molecule has 0 bridgehead atoms. The van der Waals surface area contributed by atoms with Crippen LogP contribution < -0.4 is 23.7 Å². The van der Waals surface area contributed by atoms with Gasteiger partial charge < -0.3 is 38.1 Å². The van der Waals surface area contributed by atoms with E-state index < -0.39 is 29.8 Å². The Balaban J connectivity index is 1.37. The molecule has 1 aromatic heterocycles. The Morgan fingerprint density at radius 3 is 2.32 bits per heavy atom. The first-order valence-corrected chi connectivity index (χ1v) is 13.2. The first kappa shape index (κ1) is 25.1. The normalized spacial score (nSPS) is 22.1. The fraction of sp³-hybridized carbons (Fsp3) is 0.290. The molecule has 4 aromatic rings. The molecule has 4 atom stereocenters. The Morgan fingerprint density at radius 2 is 1.61 bits per heavy atom. The van der Waals surface area contributed by atoms with Gasteiger partial charge in [0, 0.05) is 34.5 Å². The SMILES string of the molecule is COc1cc([C@@H]2c3cc4c(cc3[C@H](OC(=O)c3ccc5[nH]ccc5c3)[C@H]3COC(=O)[C@H]23)OCO4)cc(OC)c1OC. The van der Waals surface area contributed by atoms with Crippen molar-refractivity contribution in [2.45, 2.75) is 12.0 Å². The molecular weight excluding hydrogens is 530 g/mol. The number of benzene rings is 3. The number of nitrogens with one attached hydrogen (secondary N) is 1. The Morgan fingerprint density at radius 1 is 0.878 bits per heavy atom. The average Bonchev–Trinajstić information content (AvgIpc) is 3.75. The largest absolute Gasteiger partial charge is 0.493 e. The maximum atomic E-state index is 13.5. The van der Waals surface area contributed by atoms with Crippen LogP contribution in [0, 0.1) is 11.8 Å². The molecule has 3 aliphatic rings. The molecule has 1 aliphatic carbocycles. The third kappa shape index (κ3) is 3.93. The van der Waals surface area contributed by atoms with Crippen molar-refractivity contribution >= 4 is 22.8 Å². The quantitative estimate of drug-likeness (QED) is 0.335. The summed E-state index contributed by atoms with van der Waals surface area (Å²) in [6.07, 6.45) is 1.05.